The van der Waals surface area contributed by atoms with E-state index < -0.39 is 23.5 Å². The van der Waals surface area contributed by atoms with Crippen molar-refractivity contribution in [1.82, 2.24) is 19.5 Å². The third-order valence-electron chi connectivity index (χ3n) is 5.11. The van der Waals surface area contributed by atoms with E-state index in [0.717, 1.165) is 12.1 Å². The Morgan fingerprint density at radius 2 is 1.91 bits per heavy atom. The van der Waals surface area contributed by atoms with E-state index in [2.05, 4.69) is 20.3 Å². The number of carbonyl (C=O) groups is 1. The van der Waals surface area contributed by atoms with Crippen molar-refractivity contribution < 1.29 is 18.0 Å². The number of amides is 1. The molecule has 3 aromatic heterocycles. The number of rotatable bonds is 5. The molecule has 0 saturated heterocycles. The molecule has 0 aliphatic heterocycles. The molecule has 4 aromatic rings. The predicted octanol–water partition coefficient (Wildman–Crippen LogP) is 3.09. The first-order valence-electron chi connectivity index (χ1n) is 9.75. The zero-order valence-corrected chi connectivity index (χ0v) is 17.5. The van der Waals surface area contributed by atoms with Crippen LogP contribution in [0.1, 0.15) is 34.7 Å². The molecule has 1 aromatic carbocycles. The molecule has 0 aliphatic carbocycles. The number of benzene rings is 1. The lowest BCUT2D eigenvalue weighted by atomic mass is 9.94. The largest absolute Gasteiger partial charge is 0.427 e. The van der Waals surface area contributed by atoms with Crippen LogP contribution in [0.15, 0.2) is 58.1 Å². The van der Waals surface area contributed by atoms with Crippen LogP contribution in [-0.2, 0) is 7.05 Å². The van der Waals surface area contributed by atoms with E-state index in [4.69, 9.17) is 10.2 Å². The number of nitrogen functional groups attached to an aromatic ring is 1. The Hall–Kier alpha value is -4.41. The standard InChI is InChI=1S/C22H18F2N6O3/c1-11(17-13(23)4-3-5-14(17)24)19-18(12-6-7-16(31)30(2)20(12)25)28-22(33-19)29-21(32)15-10-26-8-9-27-15/h3-11H,25H2,1-2H3,(H,28,29,32). The van der Waals surface area contributed by atoms with Crippen LogP contribution in [-0.4, -0.2) is 25.4 Å². The second kappa shape index (κ2) is 8.61. The molecule has 0 fully saturated rings. The van der Waals surface area contributed by atoms with Crippen molar-refractivity contribution in [3.63, 3.8) is 0 Å². The van der Waals surface area contributed by atoms with E-state index >= 15 is 0 Å². The first kappa shape index (κ1) is 21.8. The lowest BCUT2D eigenvalue weighted by molar-refractivity contribution is 0.101. The molecular weight excluding hydrogens is 434 g/mol. The number of oxazole rings is 1. The molecule has 3 N–H and O–H groups in total. The Kier molecular flexibility index (Phi) is 5.69. The number of pyridine rings is 1. The van der Waals surface area contributed by atoms with E-state index in [1.807, 2.05) is 0 Å². The lowest BCUT2D eigenvalue weighted by Gasteiger charge is -2.14. The minimum atomic E-state index is -0.951. The number of hydrogen-bond donors (Lipinski definition) is 2. The van der Waals surface area contributed by atoms with Crippen LogP contribution >= 0.6 is 0 Å². The van der Waals surface area contributed by atoms with Crippen molar-refractivity contribution in [2.75, 3.05) is 11.1 Å². The number of anilines is 2. The van der Waals surface area contributed by atoms with Crippen LogP contribution in [0.5, 0.6) is 0 Å². The van der Waals surface area contributed by atoms with Gasteiger partial charge in [-0.25, -0.2) is 13.8 Å². The van der Waals surface area contributed by atoms with Crippen LogP contribution in [0, 0.1) is 11.6 Å². The molecule has 1 amide bonds. The van der Waals surface area contributed by atoms with Crippen molar-refractivity contribution in [2.24, 2.45) is 7.05 Å². The van der Waals surface area contributed by atoms with Gasteiger partial charge in [0.05, 0.1) is 6.20 Å². The summed E-state index contributed by atoms with van der Waals surface area (Å²) in [5.41, 5.74) is 5.93. The van der Waals surface area contributed by atoms with E-state index in [9.17, 15) is 18.4 Å². The average molecular weight is 452 g/mol. The average Bonchev–Trinajstić information content (AvgIpc) is 3.21. The second-order valence-corrected chi connectivity index (χ2v) is 7.16. The molecule has 3 heterocycles. The highest BCUT2D eigenvalue weighted by Gasteiger charge is 2.28. The molecule has 168 valence electrons. The summed E-state index contributed by atoms with van der Waals surface area (Å²) in [5.74, 6) is -3.05. The number of nitrogens with zero attached hydrogens (tertiary/aromatic N) is 4. The molecule has 0 saturated carbocycles. The summed E-state index contributed by atoms with van der Waals surface area (Å²) in [5, 5.41) is 2.45. The van der Waals surface area contributed by atoms with E-state index in [-0.39, 0.29) is 40.1 Å². The monoisotopic (exact) mass is 452 g/mol. The second-order valence-electron chi connectivity index (χ2n) is 7.16. The summed E-state index contributed by atoms with van der Waals surface area (Å²) in [6.07, 6.45) is 4.00. The third-order valence-corrected chi connectivity index (χ3v) is 5.11. The smallest absolute Gasteiger partial charge is 0.302 e. The highest BCUT2D eigenvalue weighted by atomic mass is 19.1. The summed E-state index contributed by atoms with van der Waals surface area (Å²) in [7, 11) is 1.47. The number of carbonyl (C=O) groups excluding carboxylic acids is 1. The van der Waals surface area contributed by atoms with Gasteiger partial charge in [-0.15, -0.1) is 0 Å². The lowest BCUT2D eigenvalue weighted by Crippen LogP contribution is -2.19. The first-order chi connectivity index (χ1) is 15.8. The Morgan fingerprint density at radius 3 is 2.58 bits per heavy atom. The van der Waals surface area contributed by atoms with Crippen LogP contribution in [0.3, 0.4) is 0 Å². The molecule has 0 aliphatic rings. The zero-order chi connectivity index (χ0) is 23.7. The maximum Gasteiger partial charge on any atom is 0.302 e. The Balaban J connectivity index is 1.85. The maximum atomic E-state index is 14.5. The highest BCUT2D eigenvalue weighted by Crippen LogP contribution is 2.38. The van der Waals surface area contributed by atoms with Gasteiger partial charge in [-0.05, 0) is 18.2 Å². The number of hydrogen-bond acceptors (Lipinski definition) is 7. The topological polar surface area (TPSA) is 129 Å². The van der Waals surface area contributed by atoms with Crippen LogP contribution in [0.4, 0.5) is 20.6 Å². The van der Waals surface area contributed by atoms with Gasteiger partial charge in [0.15, 0.2) is 0 Å². The summed E-state index contributed by atoms with van der Waals surface area (Å²) in [6, 6.07) is 5.96. The van der Waals surface area contributed by atoms with Gasteiger partial charge >= 0.3 is 6.01 Å². The minimum absolute atomic E-state index is 0.00798. The molecule has 11 heteroatoms. The van der Waals surface area contributed by atoms with Gasteiger partial charge in [-0.3, -0.25) is 24.5 Å². The van der Waals surface area contributed by atoms with Gasteiger partial charge in [0, 0.05) is 42.6 Å². The number of aromatic nitrogens is 4. The molecule has 0 spiro atoms. The number of nitrogens with two attached hydrogens (primary N) is 1. The van der Waals surface area contributed by atoms with Crippen molar-refractivity contribution in [3.8, 4) is 11.3 Å². The van der Waals surface area contributed by atoms with Crippen LogP contribution in [0.25, 0.3) is 11.3 Å². The fraction of sp³-hybridized carbons (Fsp3) is 0.136. The quantitative estimate of drug-likeness (QED) is 0.476. The van der Waals surface area contributed by atoms with Gasteiger partial charge < -0.3 is 10.2 Å². The third kappa shape index (κ3) is 4.07. The molecule has 1 unspecified atom stereocenters. The number of nitrogens with one attached hydrogen (secondary N) is 1. The van der Waals surface area contributed by atoms with E-state index in [0.29, 0.717) is 5.56 Å². The summed E-state index contributed by atoms with van der Waals surface area (Å²) >= 11 is 0. The Bertz CT molecular complexity index is 1380. The Morgan fingerprint density at radius 1 is 1.18 bits per heavy atom. The molecular formula is C22H18F2N6O3. The fourth-order valence-electron chi connectivity index (χ4n) is 3.36. The van der Waals surface area contributed by atoms with Gasteiger partial charge in [-0.2, -0.15) is 4.98 Å². The van der Waals surface area contributed by atoms with Crippen LogP contribution in [0.2, 0.25) is 0 Å². The van der Waals surface area contributed by atoms with E-state index in [1.165, 1.54) is 55.3 Å². The number of halogens is 2. The van der Waals surface area contributed by atoms with Crippen molar-refractivity contribution in [2.45, 2.75) is 12.8 Å². The summed E-state index contributed by atoms with van der Waals surface area (Å²) in [4.78, 5) is 36.4. The normalized spacial score (nSPS) is 11.9. The zero-order valence-electron chi connectivity index (χ0n) is 17.5. The molecule has 4 rings (SSSR count). The summed E-state index contributed by atoms with van der Waals surface area (Å²) in [6.45, 7) is 1.53. The SMILES string of the molecule is CC(c1oc(NC(=O)c2cnccn2)nc1-c1ccc(=O)n(C)c1N)c1c(F)cccc1F. The van der Waals surface area contributed by atoms with Crippen molar-refractivity contribution in [1.29, 1.82) is 0 Å². The summed E-state index contributed by atoms with van der Waals surface area (Å²) < 4.78 is 35.9. The molecule has 0 bridgehead atoms. The molecule has 9 nitrogen and oxygen atoms in total. The molecule has 1 atom stereocenters. The highest BCUT2D eigenvalue weighted by molar-refractivity contribution is 6.01. The molecule has 33 heavy (non-hydrogen) atoms. The van der Waals surface area contributed by atoms with Gasteiger partial charge in [-0.1, -0.05) is 13.0 Å². The van der Waals surface area contributed by atoms with Crippen molar-refractivity contribution in [3.05, 3.63) is 87.9 Å². The fourth-order valence-corrected chi connectivity index (χ4v) is 3.36. The van der Waals surface area contributed by atoms with Gasteiger partial charge in [0.1, 0.15) is 34.6 Å². The van der Waals surface area contributed by atoms with Gasteiger partial charge in [0.2, 0.25) is 0 Å². The Labute approximate surface area is 185 Å². The van der Waals surface area contributed by atoms with Crippen molar-refractivity contribution >= 4 is 17.7 Å². The first-order valence-corrected chi connectivity index (χ1v) is 9.75. The molecule has 0 radical (unpaired) electrons. The minimum Gasteiger partial charge on any atom is -0.427 e. The van der Waals surface area contributed by atoms with Gasteiger partial charge in [0.25, 0.3) is 11.5 Å². The van der Waals surface area contributed by atoms with Crippen LogP contribution < -0.4 is 16.6 Å². The maximum absolute atomic E-state index is 14.5. The van der Waals surface area contributed by atoms with E-state index in [1.54, 1.807) is 0 Å². The predicted molar refractivity (Wildman–Crippen MR) is 115 cm³/mol.